The van der Waals surface area contributed by atoms with Crippen molar-refractivity contribution in [3.63, 3.8) is 0 Å². The Morgan fingerprint density at radius 3 is 2.34 bits per heavy atom. The average molecular weight is 394 g/mol. The summed E-state index contributed by atoms with van der Waals surface area (Å²) in [5, 5.41) is 14.1. The van der Waals surface area contributed by atoms with Crippen molar-refractivity contribution in [2.24, 2.45) is 5.92 Å². The molecule has 2 aromatic carbocycles. The van der Waals surface area contributed by atoms with Gasteiger partial charge in [-0.05, 0) is 68.4 Å². The first-order valence-electron chi connectivity index (χ1n) is 10.5. The maximum Gasteiger partial charge on any atom is 0.251 e. The highest BCUT2D eigenvalue weighted by molar-refractivity contribution is 5.94. The van der Waals surface area contributed by atoms with E-state index in [1.165, 1.54) is 0 Å². The quantitative estimate of drug-likeness (QED) is 0.771. The molecule has 29 heavy (non-hydrogen) atoms. The normalized spacial score (nSPS) is 22.5. The van der Waals surface area contributed by atoms with Crippen LogP contribution in [0.25, 0.3) is 0 Å². The topological polar surface area (TPSA) is 66.4 Å². The van der Waals surface area contributed by atoms with Gasteiger partial charge in [-0.1, -0.05) is 42.8 Å². The number of nitrogens with one attached hydrogen (secondary N) is 1. The third-order valence-corrected chi connectivity index (χ3v) is 6.14. The Hall–Kier alpha value is -2.46. The number of amides is 1. The van der Waals surface area contributed by atoms with Crippen molar-refractivity contribution in [3.8, 4) is 0 Å². The van der Waals surface area contributed by atoms with Crippen molar-refractivity contribution in [1.82, 2.24) is 5.32 Å². The summed E-state index contributed by atoms with van der Waals surface area (Å²) >= 11 is 0. The summed E-state index contributed by atoms with van der Waals surface area (Å²) in [5.74, 6) is -0.628. The van der Waals surface area contributed by atoms with Crippen LogP contribution in [0.15, 0.2) is 42.5 Å². The van der Waals surface area contributed by atoms with Crippen LogP contribution in [0.1, 0.15) is 64.7 Å². The van der Waals surface area contributed by atoms with Gasteiger partial charge < -0.3 is 10.4 Å². The zero-order valence-electron chi connectivity index (χ0n) is 17.7. The highest BCUT2D eigenvalue weighted by Crippen LogP contribution is 2.41. The molecule has 3 rings (SSSR count). The molecule has 0 spiro atoms. The second-order valence-electron chi connectivity index (χ2n) is 8.39. The number of aliphatic hydroxyl groups excluding tert-OH is 1. The third-order valence-electron chi connectivity index (χ3n) is 6.14. The van der Waals surface area contributed by atoms with E-state index in [0.717, 1.165) is 28.7 Å². The smallest absolute Gasteiger partial charge is 0.251 e. The highest BCUT2D eigenvalue weighted by atomic mass is 16.3. The lowest BCUT2D eigenvalue weighted by Crippen LogP contribution is -2.37. The minimum absolute atomic E-state index is 0.0749. The van der Waals surface area contributed by atoms with E-state index in [-0.39, 0.29) is 23.7 Å². The molecule has 4 atom stereocenters. The van der Waals surface area contributed by atoms with E-state index in [9.17, 15) is 14.7 Å². The van der Waals surface area contributed by atoms with Gasteiger partial charge in [-0.15, -0.1) is 0 Å². The summed E-state index contributed by atoms with van der Waals surface area (Å²) in [6.45, 7) is 8.08. The van der Waals surface area contributed by atoms with Crippen LogP contribution in [0.3, 0.4) is 0 Å². The minimum Gasteiger partial charge on any atom is -0.392 e. The van der Waals surface area contributed by atoms with Gasteiger partial charge in [0.25, 0.3) is 5.91 Å². The van der Waals surface area contributed by atoms with Crippen LogP contribution in [0, 0.1) is 26.7 Å². The molecule has 2 N–H and O–H groups in total. The van der Waals surface area contributed by atoms with Crippen LogP contribution in [-0.4, -0.2) is 28.9 Å². The van der Waals surface area contributed by atoms with Crippen LogP contribution < -0.4 is 5.32 Å². The van der Waals surface area contributed by atoms with Gasteiger partial charge in [0.05, 0.1) is 12.0 Å². The van der Waals surface area contributed by atoms with Crippen molar-refractivity contribution < 1.29 is 14.7 Å². The number of ketones is 1. The Kier molecular flexibility index (Phi) is 6.53. The zero-order chi connectivity index (χ0) is 21.1. The van der Waals surface area contributed by atoms with Gasteiger partial charge in [-0.3, -0.25) is 9.59 Å². The SMILES string of the molecule is CCC(CC1CC(=O)C(c2c(C)cc(C)cc2C)C1O)NC(=O)c1ccccc1. The number of rotatable bonds is 6. The van der Waals surface area contributed by atoms with Crippen molar-refractivity contribution in [2.45, 2.75) is 65.0 Å². The fourth-order valence-corrected chi connectivity index (χ4v) is 4.76. The Labute approximate surface area is 173 Å². The predicted octanol–water partition coefficient (Wildman–Crippen LogP) is 4.24. The molecule has 0 radical (unpaired) electrons. The Morgan fingerprint density at radius 1 is 1.14 bits per heavy atom. The van der Waals surface area contributed by atoms with E-state index in [2.05, 4.69) is 17.4 Å². The van der Waals surface area contributed by atoms with E-state index < -0.39 is 12.0 Å². The second-order valence-corrected chi connectivity index (χ2v) is 8.39. The summed E-state index contributed by atoms with van der Waals surface area (Å²) in [7, 11) is 0. The van der Waals surface area contributed by atoms with E-state index in [4.69, 9.17) is 0 Å². The number of carbonyl (C=O) groups is 2. The standard InChI is InChI=1S/C25H31NO3/c1-5-20(26-25(29)18-9-7-6-8-10-18)13-19-14-21(27)23(24(19)28)22-16(3)11-15(2)12-17(22)4/h6-12,19-20,23-24,28H,5,13-14H2,1-4H3,(H,26,29). The van der Waals surface area contributed by atoms with Gasteiger partial charge in [0.1, 0.15) is 5.78 Å². The molecule has 2 aromatic rings. The van der Waals surface area contributed by atoms with Crippen molar-refractivity contribution in [1.29, 1.82) is 0 Å². The van der Waals surface area contributed by atoms with Crippen LogP contribution >= 0.6 is 0 Å². The number of aliphatic hydroxyl groups is 1. The van der Waals surface area contributed by atoms with Crippen LogP contribution in [-0.2, 0) is 4.79 Å². The van der Waals surface area contributed by atoms with E-state index in [1.807, 2.05) is 45.9 Å². The Bertz CT molecular complexity index is 867. The first-order chi connectivity index (χ1) is 13.8. The van der Waals surface area contributed by atoms with Gasteiger partial charge in [-0.25, -0.2) is 0 Å². The molecule has 1 aliphatic carbocycles. The lowest BCUT2D eigenvalue weighted by molar-refractivity contribution is -0.119. The molecule has 0 aliphatic heterocycles. The second kappa shape index (κ2) is 8.91. The van der Waals surface area contributed by atoms with Gasteiger partial charge in [-0.2, -0.15) is 0 Å². The molecule has 4 unspecified atom stereocenters. The molecular weight excluding hydrogens is 362 g/mol. The Balaban J connectivity index is 1.73. The molecule has 0 saturated heterocycles. The van der Waals surface area contributed by atoms with Crippen LogP contribution in [0.4, 0.5) is 0 Å². The molecular formula is C25H31NO3. The summed E-state index contributed by atoms with van der Waals surface area (Å²) in [4.78, 5) is 25.4. The lowest BCUT2D eigenvalue weighted by atomic mass is 9.84. The molecule has 154 valence electrons. The summed E-state index contributed by atoms with van der Waals surface area (Å²) in [5.41, 5.74) is 4.87. The number of hydrogen-bond acceptors (Lipinski definition) is 3. The van der Waals surface area contributed by atoms with Gasteiger partial charge >= 0.3 is 0 Å². The highest BCUT2D eigenvalue weighted by Gasteiger charge is 2.44. The van der Waals surface area contributed by atoms with Crippen molar-refractivity contribution in [2.75, 3.05) is 0 Å². The fraction of sp³-hybridized carbons (Fsp3) is 0.440. The zero-order valence-corrected chi connectivity index (χ0v) is 17.7. The first-order valence-corrected chi connectivity index (χ1v) is 10.5. The summed E-state index contributed by atoms with van der Waals surface area (Å²) in [6, 6.07) is 13.2. The third kappa shape index (κ3) is 4.59. The van der Waals surface area contributed by atoms with E-state index in [0.29, 0.717) is 18.4 Å². The molecule has 1 fully saturated rings. The van der Waals surface area contributed by atoms with Gasteiger partial charge in [0.15, 0.2) is 0 Å². The average Bonchev–Trinajstić information content (AvgIpc) is 2.95. The number of benzene rings is 2. The number of Topliss-reactive ketones (excluding diaryl/α,β-unsaturated/α-hetero) is 1. The van der Waals surface area contributed by atoms with E-state index >= 15 is 0 Å². The largest absolute Gasteiger partial charge is 0.392 e. The molecule has 1 aliphatic rings. The molecule has 4 nitrogen and oxygen atoms in total. The fourth-order valence-electron chi connectivity index (χ4n) is 4.76. The van der Waals surface area contributed by atoms with E-state index in [1.54, 1.807) is 12.1 Å². The number of aryl methyl sites for hydroxylation is 3. The Morgan fingerprint density at radius 2 is 1.76 bits per heavy atom. The molecule has 1 saturated carbocycles. The first kappa shape index (κ1) is 21.3. The van der Waals surface area contributed by atoms with Crippen molar-refractivity contribution in [3.05, 3.63) is 70.3 Å². The molecule has 0 heterocycles. The molecule has 1 amide bonds. The summed E-state index contributed by atoms with van der Waals surface area (Å²) < 4.78 is 0. The molecule has 0 bridgehead atoms. The van der Waals surface area contributed by atoms with Gasteiger partial charge in [0.2, 0.25) is 0 Å². The number of hydrogen-bond donors (Lipinski definition) is 2. The predicted molar refractivity (Wildman–Crippen MR) is 115 cm³/mol. The van der Waals surface area contributed by atoms with Crippen LogP contribution in [0.5, 0.6) is 0 Å². The van der Waals surface area contributed by atoms with Crippen LogP contribution in [0.2, 0.25) is 0 Å². The molecule has 4 heteroatoms. The maximum atomic E-state index is 12.9. The monoisotopic (exact) mass is 393 g/mol. The van der Waals surface area contributed by atoms with Gasteiger partial charge in [0, 0.05) is 18.0 Å². The van der Waals surface area contributed by atoms with Crippen molar-refractivity contribution >= 4 is 11.7 Å². The summed E-state index contributed by atoms with van der Waals surface area (Å²) in [6.07, 6.45) is 0.993. The maximum absolute atomic E-state index is 12.9. The number of carbonyl (C=O) groups excluding carboxylic acids is 2. The molecule has 0 aromatic heterocycles. The minimum atomic E-state index is -0.717. The lowest BCUT2D eigenvalue weighted by Gasteiger charge is -2.25.